The molecule has 0 atom stereocenters. The number of carboxylic acids is 1. The molecule has 0 aliphatic heterocycles. The minimum absolute atomic E-state index is 0.358. The number of benzene rings is 1. The van der Waals surface area contributed by atoms with Gasteiger partial charge in [-0.2, -0.15) is 4.98 Å². The predicted octanol–water partition coefficient (Wildman–Crippen LogP) is 1.84. The number of aromatic amines is 1. The fraction of sp³-hybridized carbons (Fsp3) is 0.0833. The molecule has 3 aromatic rings. The van der Waals surface area contributed by atoms with Gasteiger partial charge in [-0.1, -0.05) is 23.4 Å². The summed E-state index contributed by atoms with van der Waals surface area (Å²) >= 11 is 0. The van der Waals surface area contributed by atoms with Gasteiger partial charge in [-0.15, -0.1) is 0 Å². The number of hydrogen-bond donors (Lipinski definition) is 2. The lowest BCUT2D eigenvalue weighted by Crippen LogP contribution is -1.97. The molecule has 0 saturated heterocycles. The van der Waals surface area contributed by atoms with E-state index in [9.17, 15) is 4.79 Å². The second-order valence-corrected chi connectivity index (χ2v) is 3.86. The van der Waals surface area contributed by atoms with E-state index < -0.39 is 5.97 Å². The van der Waals surface area contributed by atoms with E-state index in [1.807, 2.05) is 30.5 Å². The third kappa shape index (κ3) is 1.73. The van der Waals surface area contributed by atoms with E-state index in [1.54, 1.807) is 0 Å². The summed E-state index contributed by atoms with van der Waals surface area (Å²) < 4.78 is 4.62. The van der Waals surface area contributed by atoms with Gasteiger partial charge in [0, 0.05) is 23.5 Å². The Morgan fingerprint density at radius 3 is 3.00 bits per heavy atom. The zero-order chi connectivity index (χ0) is 12.5. The Labute approximate surface area is 101 Å². The molecule has 0 spiro atoms. The Morgan fingerprint density at radius 1 is 1.39 bits per heavy atom. The number of nitrogens with one attached hydrogen (secondary N) is 1. The molecule has 0 saturated carbocycles. The second-order valence-electron chi connectivity index (χ2n) is 3.86. The number of fused-ring (bicyclic) bond motifs is 1. The number of carbonyl (C=O) groups is 1. The van der Waals surface area contributed by atoms with Crippen molar-refractivity contribution in [1.29, 1.82) is 0 Å². The maximum absolute atomic E-state index is 10.6. The predicted molar refractivity (Wildman–Crippen MR) is 62.4 cm³/mol. The minimum Gasteiger partial charge on any atom is -0.474 e. The van der Waals surface area contributed by atoms with Crippen LogP contribution in [0.5, 0.6) is 0 Å². The summed E-state index contributed by atoms with van der Waals surface area (Å²) in [6, 6.07) is 7.84. The van der Waals surface area contributed by atoms with Crippen LogP contribution < -0.4 is 0 Å². The summed E-state index contributed by atoms with van der Waals surface area (Å²) in [5.41, 5.74) is 2.03. The fourth-order valence-corrected chi connectivity index (χ4v) is 1.86. The number of nitrogens with zero attached hydrogens (tertiary/aromatic N) is 2. The van der Waals surface area contributed by atoms with Crippen LogP contribution in [0.1, 0.15) is 22.1 Å². The standard InChI is InChI=1S/C12H9N3O3/c16-12(17)11-14-10(15-18-11)5-7-6-13-9-4-2-1-3-8(7)9/h1-4,6,13H,5H2,(H,16,17). The summed E-state index contributed by atoms with van der Waals surface area (Å²) in [4.78, 5) is 17.6. The fourth-order valence-electron chi connectivity index (χ4n) is 1.86. The lowest BCUT2D eigenvalue weighted by molar-refractivity contribution is 0.0643. The molecule has 0 bridgehead atoms. The van der Waals surface area contributed by atoms with Crippen LogP contribution in [0.25, 0.3) is 10.9 Å². The van der Waals surface area contributed by atoms with Gasteiger partial charge in [0.2, 0.25) is 0 Å². The summed E-state index contributed by atoms with van der Waals surface area (Å²) in [6.45, 7) is 0. The first kappa shape index (κ1) is 10.5. The highest BCUT2D eigenvalue weighted by molar-refractivity contribution is 5.83. The van der Waals surface area contributed by atoms with Crippen molar-refractivity contribution in [3.05, 3.63) is 47.7 Å². The summed E-state index contributed by atoms with van der Waals surface area (Å²) in [6.07, 6.45) is 2.29. The Kier molecular flexibility index (Phi) is 2.33. The van der Waals surface area contributed by atoms with E-state index >= 15 is 0 Å². The van der Waals surface area contributed by atoms with Gasteiger partial charge in [0.1, 0.15) is 0 Å². The Morgan fingerprint density at radius 2 is 2.22 bits per heavy atom. The molecule has 2 N–H and O–H groups in total. The highest BCUT2D eigenvalue weighted by Gasteiger charge is 2.14. The quantitative estimate of drug-likeness (QED) is 0.732. The summed E-state index contributed by atoms with van der Waals surface area (Å²) in [5, 5.41) is 13.4. The number of aromatic carboxylic acids is 1. The SMILES string of the molecule is O=C(O)c1nc(Cc2c[nH]c3ccccc23)no1. The minimum atomic E-state index is -1.22. The Bertz CT molecular complexity index is 714. The van der Waals surface area contributed by atoms with E-state index in [4.69, 9.17) is 5.11 Å². The topological polar surface area (TPSA) is 92.0 Å². The number of aromatic nitrogens is 3. The zero-order valence-electron chi connectivity index (χ0n) is 9.25. The molecule has 6 heteroatoms. The molecule has 3 rings (SSSR count). The molecule has 2 aromatic heterocycles. The van der Waals surface area contributed by atoms with E-state index in [-0.39, 0.29) is 5.89 Å². The van der Waals surface area contributed by atoms with Gasteiger partial charge in [0.25, 0.3) is 0 Å². The molecular formula is C12H9N3O3. The van der Waals surface area contributed by atoms with E-state index in [1.165, 1.54) is 0 Å². The lowest BCUT2D eigenvalue weighted by atomic mass is 10.1. The smallest absolute Gasteiger partial charge is 0.394 e. The zero-order valence-corrected chi connectivity index (χ0v) is 9.25. The molecule has 0 radical (unpaired) electrons. The van der Waals surface area contributed by atoms with Crippen LogP contribution in [0.15, 0.2) is 35.0 Å². The van der Waals surface area contributed by atoms with Crippen molar-refractivity contribution >= 4 is 16.9 Å². The van der Waals surface area contributed by atoms with Crippen molar-refractivity contribution in [1.82, 2.24) is 15.1 Å². The van der Waals surface area contributed by atoms with Gasteiger partial charge in [-0.25, -0.2) is 4.79 Å². The number of hydrogen-bond acceptors (Lipinski definition) is 4. The second kappa shape index (κ2) is 3.99. The maximum Gasteiger partial charge on any atom is 0.394 e. The van der Waals surface area contributed by atoms with Crippen LogP contribution in [0.4, 0.5) is 0 Å². The van der Waals surface area contributed by atoms with Crippen LogP contribution >= 0.6 is 0 Å². The van der Waals surface area contributed by atoms with Crippen LogP contribution in [-0.2, 0) is 6.42 Å². The van der Waals surface area contributed by atoms with Crippen molar-refractivity contribution in [2.24, 2.45) is 0 Å². The largest absolute Gasteiger partial charge is 0.474 e. The van der Waals surface area contributed by atoms with Crippen molar-refractivity contribution in [3.8, 4) is 0 Å². The summed E-state index contributed by atoms with van der Waals surface area (Å²) in [5.74, 6) is -1.24. The molecule has 18 heavy (non-hydrogen) atoms. The van der Waals surface area contributed by atoms with E-state index in [0.717, 1.165) is 16.5 Å². The average molecular weight is 243 g/mol. The molecule has 1 aromatic carbocycles. The summed E-state index contributed by atoms with van der Waals surface area (Å²) in [7, 11) is 0. The molecular weight excluding hydrogens is 234 g/mol. The molecule has 90 valence electrons. The number of rotatable bonds is 3. The van der Waals surface area contributed by atoms with Crippen molar-refractivity contribution in [3.63, 3.8) is 0 Å². The van der Waals surface area contributed by atoms with Crippen LogP contribution in [0.3, 0.4) is 0 Å². The third-order valence-corrected chi connectivity index (χ3v) is 2.67. The van der Waals surface area contributed by atoms with E-state index in [2.05, 4.69) is 19.6 Å². The van der Waals surface area contributed by atoms with Crippen LogP contribution in [0, 0.1) is 0 Å². The number of H-pyrrole nitrogens is 1. The normalized spacial score (nSPS) is 10.9. The molecule has 0 aliphatic carbocycles. The van der Waals surface area contributed by atoms with Crippen molar-refractivity contribution in [2.45, 2.75) is 6.42 Å². The van der Waals surface area contributed by atoms with Gasteiger partial charge in [-0.3, -0.25) is 0 Å². The van der Waals surface area contributed by atoms with E-state index in [0.29, 0.717) is 12.2 Å². The number of carboxylic acid groups (broad SMARTS) is 1. The molecule has 2 heterocycles. The number of para-hydroxylation sites is 1. The molecule has 0 unspecified atom stereocenters. The van der Waals surface area contributed by atoms with Gasteiger partial charge in [-0.05, 0) is 11.6 Å². The molecule has 0 fully saturated rings. The molecule has 0 aliphatic rings. The first-order valence-corrected chi connectivity index (χ1v) is 5.35. The van der Waals surface area contributed by atoms with Gasteiger partial charge in [0.05, 0.1) is 0 Å². The maximum atomic E-state index is 10.6. The lowest BCUT2D eigenvalue weighted by Gasteiger charge is -1.93. The highest BCUT2D eigenvalue weighted by Crippen LogP contribution is 2.19. The Balaban J connectivity index is 1.93. The van der Waals surface area contributed by atoms with Gasteiger partial charge in [0.15, 0.2) is 5.82 Å². The highest BCUT2D eigenvalue weighted by atomic mass is 16.5. The average Bonchev–Trinajstić information content (AvgIpc) is 2.98. The Hall–Kier alpha value is -2.63. The molecule has 0 amide bonds. The van der Waals surface area contributed by atoms with Crippen molar-refractivity contribution in [2.75, 3.05) is 0 Å². The first-order chi connectivity index (χ1) is 8.74. The first-order valence-electron chi connectivity index (χ1n) is 5.35. The van der Waals surface area contributed by atoms with Gasteiger partial charge < -0.3 is 14.6 Å². The van der Waals surface area contributed by atoms with Crippen molar-refractivity contribution < 1.29 is 14.4 Å². The van der Waals surface area contributed by atoms with Gasteiger partial charge >= 0.3 is 11.9 Å². The molecule has 6 nitrogen and oxygen atoms in total. The third-order valence-electron chi connectivity index (χ3n) is 2.67. The van der Waals surface area contributed by atoms with Crippen LogP contribution in [-0.4, -0.2) is 26.2 Å². The van der Waals surface area contributed by atoms with Crippen LogP contribution in [0.2, 0.25) is 0 Å². The monoisotopic (exact) mass is 243 g/mol.